The molecule has 0 unspecified atom stereocenters. The van der Waals surface area contributed by atoms with E-state index in [1.54, 1.807) is 99.4 Å². The van der Waals surface area contributed by atoms with Crippen LogP contribution in [-0.4, -0.2) is 47.7 Å². The van der Waals surface area contributed by atoms with Gasteiger partial charge in [-0.1, -0.05) is 24.3 Å². The summed E-state index contributed by atoms with van der Waals surface area (Å²) in [5, 5.41) is 10.7. The number of anilines is 2. The third-order valence-corrected chi connectivity index (χ3v) is 8.21. The van der Waals surface area contributed by atoms with Crippen molar-refractivity contribution in [3.63, 3.8) is 0 Å². The Hall–Kier alpha value is -5.46. The number of carbonyl (C=O) groups is 3. The summed E-state index contributed by atoms with van der Waals surface area (Å²) in [5.41, 5.74) is 3.22. The first kappa shape index (κ1) is 31.9. The lowest BCUT2D eigenvalue weighted by Gasteiger charge is -2.12. The van der Waals surface area contributed by atoms with Gasteiger partial charge in [0.2, 0.25) is 5.91 Å². The highest BCUT2D eigenvalue weighted by Gasteiger charge is 2.16. The topological polar surface area (TPSA) is 132 Å². The molecule has 0 bridgehead atoms. The maximum atomic E-state index is 13.2. The van der Waals surface area contributed by atoms with Gasteiger partial charge in [-0.2, -0.15) is 0 Å². The van der Waals surface area contributed by atoms with Crippen LogP contribution in [0.4, 0.5) is 10.8 Å². The van der Waals surface area contributed by atoms with Crippen LogP contribution in [0.2, 0.25) is 0 Å². The number of amides is 3. The first-order valence-corrected chi connectivity index (χ1v) is 15.8. The first-order chi connectivity index (χ1) is 22.4. The van der Waals surface area contributed by atoms with Crippen molar-refractivity contribution in [2.45, 2.75) is 4.90 Å². The van der Waals surface area contributed by atoms with Crippen LogP contribution in [0, 0.1) is 0 Å². The lowest BCUT2D eigenvalue weighted by Crippen LogP contribution is -2.30. The molecule has 0 saturated heterocycles. The van der Waals surface area contributed by atoms with Crippen LogP contribution in [0.25, 0.3) is 17.3 Å². The smallest absolute Gasteiger partial charge is 0.272 e. The van der Waals surface area contributed by atoms with Crippen molar-refractivity contribution in [3.8, 4) is 22.8 Å². The Kier molecular flexibility index (Phi) is 10.8. The van der Waals surface area contributed by atoms with Gasteiger partial charge in [-0.15, -0.1) is 23.1 Å². The van der Waals surface area contributed by atoms with Gasteiger partial charge >= 0.3 is 0 Å². The minimum absolute atomic E-state index is 0.0634. The Morgan fingerprint density at radius 2 is 1.67 bits per heavy atom. The number of aromatic nitrogens is 2. The number of nitrogens with zero attached hydrogens (tertiary/aromatic N) is 2. The van der Waals surface area contributed by atoms with E-state index < -0.39 is 11.8 Å². The molecule has 0 saturated carbocycles. The van der Waals surface area contributed by atoms with E-state index in [1.807, 2.05) is 23.6 Å². The summed E-state index contributed by atoms with van der Waals surface area (Å²) in [5.74, 6) is 0.277. The van der Waals surface area contributed by atoms with Gasteiger partial charge in [0.05, 0.1) is 25.7 Å². The summed E-state index contributed by atoms with van der Waals surface area (Å²) in [7, 11) is 3.15. The number of methoxy groups -OCH3 is 2. The molecule has 46 heavy (non-hydrogen) atoms. The third-order valence-electron chi connectivity index (χ3n) is 6.44. The fraction of sp³-hybridized carbons (Fsp3) is 0.0882. The zero-order valence-corrected chi connectivity index (χ0v) is 26.5. The van der Waals surface area contributed by atoms with Crippen molar-refractivity contribution in [3.05, 3.63) is 120 Å². The summed E-state index contributed by atoms with van der Waals surface area (Å²) >= 11 is 2.68. The Bertz CT molecular complexity index is 1850. The minimum Gasteiger partial charge on any atom is -0.493 e. The third kappa shape index (κ3) is 8.58. The Morgan fingerprint density at radius 1 is 0.891 bits per heavy atom. The van der Waals surface area contributed by atoms with Crippen molar-refractivity contribution in [1.82, 2.24) is 15.3 Å². The molecule has 5 rings (SSSR count). The van der Waals surface area contributed by atoms with Gasteiger partial charge in [0.1, 0.15) is 5.70 Å². The van der Waals surface area contributed by atoms with Crippen LogP contribution in [0.3, 0.4) is 0 Å². The number of thioether (sulfide) groups is 1. The van der Waals surface area contributed by atoms with E-state index in [0.29, 0.717) is 39.1 Å². The second-order valence-corrected chi connectivity index (χ2v) is 11.5. The summed E-state index contributed by atoms with van der Waals surface area (Å²) in [6.07, 6.45) is 4.78. The van der Waals surface area contributed by atoms with E-state index in [0.717, 1.165) is 10.5 Å². The fourth-order valence-corrected chi connectivity index (χ4v) is 5.60. The van der Waals surface area contributed by atoms with Gasteiger partial charge in [-0.3, -0.25) is 19.4 Å². The first-order valence-electron chi connectivity index (χ1n) is 13.9. The summed E-state index contributed by atoms with van der Waals surface area (Å²) in [6.45, 7) is 0. The lowest BCUT2D eigenvalue weighted by atomic mass is 10.1. The second-order valence-electron chi connectivity index (χ2n) is 9.59. The SMILES string of the molecule is COc1ccc(-c2csc(NC(=O)CSc3ccc(NC(=O)/C(=C/c4cccnc4)NC(=O)c4ccccc4)cc3)n2)cc1OC. The monoisotopic (exact) mass is 651 g/mol. The number of carbonyl (C=O) groups excluding carboxylic acids is 3. The van der Waals surface area contributed by atoms with Crippen LogP contribution in [-0.2, 0) is 9.59 Å². The van der Waals surface area contributed by atoms with Crippen LogP contribution < -0.4 is 25.4 Å². The molecule has 0 fully saturated rings. The highest BCUT2D eigenvalue weighted by molar-refractivity contribution is 8.00. The molecule has 3 amide bonds. The molecule has 3 N–H and O–H groups in total. The van der Waals surface area contributed by atoms with Gasteiger partial charge in [-0.25, -0.2) is 4.98 Å². The zero-order chi connectivity index (χ0) is 32.3. The molecule has 0 spiro atoms. The Labute approximate surface area is 273 Å². The largest absolute Gasteiger partial charge is 0.493 e. The number of rotatable bonds is 12. The van der Waals surface area contributed by atoms with Crippen molar-refractivity contribution < 1.29 is 23.9 Å². The second kappa shape index (κ2) is 15.5. The van der Waals surface area contributed by atoms with E-state index in [9.17, 15) is 14.4 Å². The van der Waals surface area contributed by atoms with Crippen LogP contribution in [0.15, 0.2) is 113 Å². The Balaban J connectivity index is 1.16. The predicted octanol–water partition coefficient (Wildman–Crippen LogP) is 6.36. The molecule has 0 aliphatic heterocycles. The minimum atomic E-state index is -0.496. The standard InChI is InChI=1S/C34H29N5O5S2/c1-43-29-15-10-24(18-30(29)44-2)28-20-46-34(38-28)39-31(40)21-45-26-13-11-25(12-14-26)36-33(42)27(17-22-7-6-16-35-19-22)37-32(41)23-8-4-3-5-9-23/h3-20H,21H2,1-2H3,(H,36,42)(H,37,41)(H,38,39,40)/b27-17-. The normalized spacial score (nSPS) is 11.0. The molecule has 10 nitrogen and oxygen atoms in total. The molecule has 0 aliphatic carbocycles. The number of nitrogens with one attached hydrogen (secondary N) is 3. The average Bonchev–Trinajstić information content (AvgIpc) is 3.56. The van der Waals surface area contributed by atoms with E-state index >= 15 is 0 Å². The molecule has 0 atom stereocenters. The van der Waals surface area contributed by atoms with Crippen molar-refractivity contribution >= 4 is 57.7 Å². The molecular formula is C34H29N5O5S2. The summed E-state index contributed by atoms with van der Waals surface area (Å²) < 4.78 is 10.7. The summed E-state index contributed by atoms with van der Waals surface area (Å²) in [4.78, 5) is 48.1. The number of thiazole rings is 1. The number of benzene rings is 3. The molecule has 232 valence electrons. The number of hydrogen-bond donors (Lipinski definition) is 3. The molecule has 0 aliphatic rings. The highest BCUT2D eigenvalue weighted by atomic mass is 32.2. The van der Waals surface area contributed by atoms with Gasteiger partial charge < -0.3 is 25.4 Å². The molecular weight excluding hydrogens is 623 g/mol. The molecule has 2 heterocycles. The summed E-state index contributed by atoms with van der Waals surface area (Å²) in [6, 6.07) is 24.8. The quantitative estimate of drug-likeness (QED) is 0.105. The lowest BCUT2D eigenvalue weighted by molar-refractivity contribution is -0.114. The van der Waals surface area contributed by atoms with Crippen molar-refractivity contribution in [2.75, 3.05) is 30.6 Å². The zero-order valence-electron chi connectivity index (χ0n) is 24.9. The van der Waals surface area contributed by atoms with Gasteiger partial charge in [0.25, 0.3) is 11.8 Å². The van der Waals surface area contributed by atoms with Crippen molar-refractivity contribution in [2.24, 2.45) is 0 Å². The molecule has 3 aromatic carbocycles. The number of pyridine rings is 1. The number of hydrogen-bond acceptors (Lipinski definition) is 9. The molecule has 5 aromatic rings. The molecule has 0 radical (unpaired) electrons. The van der Waals surface area contributed by atoms with E-state index in [-0.39, 0.29) is 17.4 Å². The Morgan fingerprint density at radius 3 is 2.39 bits per heavy atom. The fourth-order valence-electron chi connectivity index (χ4n) is 4.17. The molecule has 2 aromatic heterocycles. The van der Waals surface area contributed by atoms with Gasteiger partial charge in [-0.05, 0) is 72.3 Å². The predicted molar refractivity (Wildman–Crippen MR) is 181 cm³/mol. The van der Waals surface area contributed by atoms with E-state index in [1.165, 1.54) is 23.1 Å². The van der Waals surface area contributed by atoms with Crippen LogP contribution >= 0.6 is 23.1 Å². The average molecular weight is 652 g/mol. The van der Waals surface area contributed by atoms with Crippen LogP contribution in [0.5, 0.6) is 11.5 Å². The van der Waals surface area contributed by atoms with E-state index in [4.69, 9.17) is 9.47 Å². The van der Waals surface area contributed by atoms with Gasteiger partial charge in [0.15, 0.2) is 16.6 Å². The van der Waals surface area contributed by atoms with E-state index in [2.05, 4.69) is 25.9 Å². The highest BCUT2D eigenvalue weighted by Crippen LogP contribution is 2.33. The van der Waals surface area contributed by atoms with Gasteiger partial charge in [0, 0.05) is 39.5 Å². The maximum Gasteiger partial charge on any atom is 0.272 e. The van der Waals surface area contributed by atoms with Crippen molar-refractivity contribution in [1.29, 1.82) is 0 Å². The molecule has 12 heteroatoms. The van der Waals surface area contributed by atoms with Crippen LogP contribution in [0.1, 0.15) is 15.9 Å². The maximum absolute atomic E-state index is 13.2. The number of ether oxygens (including phenoxy) is 2.